The summed E-state index contributed by atoms with van der Waals surface area (Å²) >= 11 is 0. The Kier molecular flexibility index (Phi) is 4.72. The SMILES string of the molecule is CCCO[SiH2]Cc1ccccc1. The lowest BCUT2D eigenvalue weighted by Crippen LogP contribution is -2.03. The molecule has 0 unspecified atom stereocenters. The van der Waals surface area contributed by atoms with Crippen LogP contribution in [0, 0.1) is 0 Å². The third-order valence-electron chi connectivity index (χ3n) is 1.73. The van der Waals surface area contributed by atoms with E-state index >= 15 is 0 Å². The predicted molar refractivity (Wildman–Crippen MR) is 54.9 cm³/mol. The van der Waals surface area contributed by atoms with Crippen molar-refractivity contribution in [3.63, 3.8) is 0 Å². The lowest BCUT2D eigenvalue weighted by Gasteiger charge is -2.01. The van der Waals surface area contributed by atoms with Gasteiger partial charge in [0.15, 0.2) is 9.76 Å². The summed E-state index contributed by atoms with van der Waals surface area (Å²) in [6.07, 6.45) is 1.14. The minimum atomic E-state index is -0.298. The van der Waals surface area contributed by atoms with Crippen molar-refractivity contribution in [2.45, 2.75) is 19.4 Å². The first-order chi connectivity index (χ1) is 5.93. The minimum Gasteiger partial charge on any atom is -0.424 e. The number of hydrogen-bond donors (Lipinski definition) is 0. The second-order valence-corrected chi connectivity index (χ2v) is 4.16. The summed E-state index contributed by atoms with van der Waals surface area (Å²) < 4.78 is 5.53. The molecule has 2 heteroatoms. The Morgan fingerprint density at radius 1 is 1.25 bits per heavy atom. The summed E-state index contributed by atoms with van der Waals surface area (Å²) in [5, 5.41) is 0. The molecule has 0 heterocycles. The zero-order valence-corrected chi connectivity index (χ0v) is 9.04. The molecule has 0 fully saturated rings. The summed E-state index contributed by atoms with van der Waals surface area (Å²) in [4.78, 5) is 0. The molecule has 1 aromatic rings. The van der Waals surface area contributed by atoms with Gasteiger partial charge in [-0.05, 0) is 18.0 Å². The fraction of sp³-hybridized carbons (Fsp3) is 0.400. The summed E-state index contributed by atoms with van der Waals surface area (Å²) in [5.41, 5.74) is 1.42. The molecule has 12 heavy (non-hydrogen) atoms. The molecular formula is C10H16OSi. The fourth-order valence-electron chi connectivity index (χ4n) is 1.08. The third kappa shape index (κ3) is 3.69. The van der Waals surface area contributed by atoms with Crippen LogP contribution in [0.4, 0.5) is 0 Å². The molecule has 0 radical (unpaired) electrons. The van der Waals surface area contributed by atoms with Crippen LogP contribution in [0.5, 0.6) is 0 Å². The molecule has 1 aromatic carbocycles. The van der Waals surface area contributed by atoms with E-state index in [4.69, 9.17) is 4.43 Å². The van der Waals surface area contributed by atoms with E-state index < -0.39 is 0 Å². The van der Waals surface area contributed by atoms with Crippen LogP contribution in [-0.2, 0) is 10.5 Å². The Morgan fingerprint density at radius 2 is 2.00 bits per heavy atom. The first-order valence-corrected chi connectivity index (χ1v) is 6.13. The lowest BCUT2D eigenvalue weighted by molar-refractivity contribution is 0.334. The summed E-state index contributed by atoms with van der Waals surface area (Å²) in [7, 11) is -0.298. The molecule has 0 aliphatic carbocycles. The first kappa shape index (κ1) is 9.48. The average molecular weight is 180 g/mol. The first-order valence-electron chi connectivity index (χ1n) is 4.55. The van der Waals surface area contributed by atoms with E-state index in [1.54, 1.807) is 0 Å². The van der Waals surface area contributed by atoms with Crippen molar-refractivity contribution in [3.8, 4) is 0 Å². The highest BCUT2D eigenvalue weighted by molar-refractivity contribution is 6.26. The minimum absolute atomic E-state index is 0.298. The monoisotopic (exact) mass is 180 g/mol. The molecule has 1 nitrogen and oxygen atoms in total. The Balaban J connectivity index is 2.16. The van der Waals surface area contributed by atoms with E-state index in [0.717, 1.165) is 13.0 Å². The van der Waals surface area contributed by atoms with Gasteiger partial charge >= 0.3 is 0 Å². The second kappa shape index (κ2) is 5.97. The summed E-state index contributed by atoms with van der Waals surface area (Å²) in [6.45, 7) is 3.09. The van der Waals surface area contributed by atoms with Gasteiger partial charge in [-0.2, -0.15) is 0 Å². The molecule has 0 bridgehead atoms. The molecular weight excluding hydrogens is 164 g/mol. The van der Waals surface area contributed by atoms with Crippen LogP contribution < -0.4 is 0 Å². The second-order valence-electron chi connectivity index (χ2n) is 2.85. The van der Waals surface area contributed by atoms with Crippen LogP contribution in [0.2, 0.25) is 0 Å². The molecule has 0 saturated carbocycles. The molecule has 0 aromatic heterocycles. The van der Waals surface area contributed by atoms with Gasteiger partial charge in [-0.3, -0.25) is 0 Å². The lowest BCUT2D eigenvalue weighted by atomic mass is 10.2. The summed E-state index contributed by atoms with van der Waals surface area (Å²) in [5.74, 6) is 0. The topological polar surface area (TPSA) is 9.23 Å². The zero-order valence-electron chi connectivity index (χ0n) is 7.62. The maximum Gasteiger partial charge on any atom is 0.165 e. The normalized spacial score (nSPS) is 11.1. The number of benzene rings is 1. The van der Waals surface area contributed by atoms with Gasteiger partial charge in [0.05, 0.1) is 0 Å². The van der Waals surface area contributed by atoms with Gasteiger partial charge in [0.2, 0.25) is 0 Å². The molecule has 0 spiro atoms. The van der Waals surface area contributed by atoms with Gasteiger partial charge < -0.3 is 4.43 Å². The van der Waals surface area contributed by atoms with E-state index in [2.05, 4.69) is 37.3 Å². The Morgan fingerprint density at radius 3 is 2.67 bits per heavy atom. The van der Waals surface area contributed by atoms with E-state index in [0.29, 0.717) is 0 Å². The number of rotatable bonds is 5. The van der Waals surface area contributed by atoms with Crippen LogP contribution in [0.1, 0.15) is 18.9 Å². The molecule has 0 N–H and O–H groups in total. The highest BCUT2D eigenvalue weighted by Gasteiger charge is 1.91. The van der Waals surface area contributed by atoms with Crippen molar-refractivity contribution in [1.29, 1.82) is 0 Å². The Bertz CT molecular complexity index is 198. The molecule has 0 aliphatic heterocycles. The maximum absolute atomic E-state index is 5.53. The van der Waals surface area contributed by atoms with E-state index in [1.165, 1.54) is 11.6 Å². The Labute approximate surface area is 76.7 Å². The van der Waals surface area contributed by atoms with Crippen molar-refractivity contribution in [1.82, 2.24) is 0 Å². The van der Waals surface area contributed by atoms with Crippen LogP contribution >= 0.6 is 0 Å². The maximum atomic E-state index is 5.53. The van der Waals surface area contributed by atoms with Crippen LogP contribution in [0.15, 0.2) is 30.3 Å². The van der Waals surface area contributed by atoms with Gasteiger partial charge in [-0.1, -0.05) is 37.3 Å². The van der Waals surface area contributed by atoms with Crippen molar-refractivity contribution in [2.75, 3.05) is 6.61 Å². The average Bonchev–Trinajstić information content (AvgIpc) is 2.14. The van der Waals surface area contributed by atoms with Gasteiger partial charge in [0.1, 0.15) is 0 Å². The smallest absolute Gasteiger partial charge is 0.165 e. The molecule has 0 aliphatic rings. The van der Waals surface area contributed by atoms with E-state index in [1.807, 2.05) is 0 Å². The van der Waals surface area contributed by atoms with Gasteiger partial charge in [0.25, 0.3) is 0 Å². The van der Waals surface area contributed by atoms with Crippen LogP contribution in [-0.4, -0.2) is 16.4 Å². The van der Waals surface area contributed by atoms with Crippen molar-refractivity contribution >= 4 is 9.76 Å². The largest absolute Gasteiger partial charge is 0.424 e. The number of hydrogen-bond acceptors (Lipinski definition) is 1. The molecule has 1 rings (SSSR count). The van der Waals surface area contributed by atoms with Crippen molar-refractivity contribution < 1.29 is 4.43 Å². The molecule has 0 amide bonds. The third-order valence-corrected chi connectivity index (χ3v) is 3.09. The highest BCUT2D eigenvalue weighted by Crippen LogP contribution is 1.98. The van der Waals surface area contributed by atoms with E-state index in [-0.39, 0.29) is 9.76 Å². The van der Waals surface area contributed by atoms with Crippen molar-refractivity contribution in [3.05, 3.63) is 35.9 Å². The van der Waals surface area contributed by atoms with Gasteiger partial charge in [0, 0.05) is 6.61 Å². The van der Waals surface area contributed by atoms with Gasteiger partial charge in [-0.25, -0.2) is 0 Å². The fourth-order valence-corrected chi connectivity index (χ4v) is 2.29. The summed E-state index contributed by atoms with van der Waals surface area (Å²) in [6, 6.07) is 11.7. The molecule has 0 saturated heterocycles. The predicted octanol–water partition coefficient (Wildman–Crippen LogP) is 1.70. The molecule has 66 valence electrons. The standard InChI is InChI=1S/C10H16OSi/c1-2-8-11-12-9-10-6-4-3-5-7-10/h3-7H,2,8-9,12H2,1H3. The Hall–Kier alpha value is -0.603. The van der Waals surface area contributed by atoms with Crippen molar-refractivity contribution in [2.24, 2.45) is 0 Å². The highest BCUT2D eigenvalue weighted by atomic mass is 28.2. The van der Waals surface area contributed by atoms with Crippen LogP contribution in [0.3, 0.4) is 0 Å². The molecule has 0 atom stereocenters. The van der Waals surface area contributed by atoms with Gasteiger partial charge in [-0.15, -0.1) is 0 Å². The van der Waals surface area contributed by atoms with Crippen LogP contribution in [0.25, 0.3) is 0 Å². The zero-order chi connectivity index (χ0) is 8.65. The quantitative estimate of drug-likeness (QED) is 0.495. The van der Waals surface area contributed by atoms with E-state index in [9.17, 15) is 0 Å².